The Kier molecular flexibility index (Phi) is 6.36. The number of amides is 1. The molecule has 1 fully saturated rings. The van der Waals surface area contributed by atoms with Gasteiger partial charge in [-0.3, -0.25) is 0 Å². The van der Waals surface area contributed by atoms with E-state index in [0.717, 1.165) is 37.0 Å². The fourth-order valence-electron chi connectivity index (χ4n) is 4.12. The van der Waals surface area contributed by atoms with Gasteiger partial charge in [-0.1, -0.05) is 18.2 Å². The van der Waals surface area contributed by atoms with Gasteiger partial charge in [0.2, 0.25) is 0 Å². The van der Waals surface area contributed by atoms with Gasteiger partial charge in [-0.05, 0) is 51.2 Å². The summed E-state index contributed by atoms with van der Waals surface area (Å²) in [5.74, 6) is 0.165. The molecule has 0 aromatic heterocycles. The van der Waals surface area contributed by atoms with E-state index < -0.39 is 11.6 Å². The minimum atomic E-state index is -0.955. The van der Waals surface area contributed by atoms with Crippen molar-refractivity contribution in [1.82, 2.24) is 4.90 Å². The third-order valence-corrected chi connectivity index (χ3v) is 5.47. The number of carbonyl (C=O) groups excluding carboxylic acids is 1. The van der Waals surface area contributed by atoms with Crippen LogP contribution in [0.3, 0.4) is 0 Å². The Morgan fingerprint density at radius 3 is 2.59 bits per heavy atom. The Balaban J connectivity index is 1.65. The highest BCUT2D eigenvalue weighted by Gasteiger charge is 2.44. The lowest BCUT2D eigenvalue weighted by atomic mass is 9.76. The largest absolute Gasteiger partial charge is 0.487 e. The van der Waals surface area contributed by atoms with Gasteiger partial charge in [0.25, 0.3) is 0 Å². The second-order valence-electron chi connectivity index (χ2n) is 8.93. The zero-order valence-corrected chi connectivity index (χ0v) is 17.5. The van der Waals surface area contributed by atoms with Gasteiger partial charge in [0.15, 0.2) is 0 Å². The van der Waals surface area contributed by atoms with Crippen molar-refractivity contribution in [1.29, 1.82) is 0 Å². The van der Waals surface area contributed by atoms with E-state index in [1.54, 1.807) is 4.90 Å². The minimum Gasteiger partial charge on any atom is -0.487 e. The van der Waals surface area contributed by atoms with Crippen molar-refractivity contribution in [3.8, 4) is 5.75 Å². The predicted molar refractivity (Wildman–Crippen MR) is 107 cm³/mol. The number of ether oxygens (including phenoxy) is 3. The molecule has 0 radical (unpaired) electrons. The molecule has 2 aliphatic rings. The number of carboxylic acid groups (broad SMARTS) is 1. The third kappa shape index (κ3) is 5.63. The van der Waals surface area contributed by atoms with Crippen molar-refractivity contribution >= 4 is 12.1 Å². The minimum absolute atomic E-state index is 0.238. The van der Waals surface area contributed by atoms with Crippen molar-refractivity contribution in [2.24, 2.45) is 0 Å². The number of aliphatic carboxylic acids is 1. The monoisotopic (exact) mass is 405 g/mol. The summed E-state index contributed by atoms with van der Waals surface area (Å²) in [7, 11) is 0. The van der Waals surface area contributed by atoms with Crippen molar-refractivity contribution < 1.29 is 28.9 Å². The number of hydrogen-bond donors (Lipinski definition) is 1. The van der Waals surface area contributed by atoms with E-state index in [4.69, 9.17) is 19.3 Å². The van der Waals surface area contributed by atoms with Gasteiger partial charge in [0, 0.05) is 32.5 Å². The average Bonchev–Trinajstić information content (AvgIpc) is 2.64. The van der Waals surface area contributed by atoms with Gasteiger partial charge in [-0.2, -0.15) is 0 Å². The van der Waals surface area contributed by atoms with E-state index in [0.29, 0.717) is 19.7 Å². The number of benzene rings is 1. The standard InChI is InChI=1S/C22H31NO6/c1-21(2,3)29-20(26)23-11-9-22(10-12-23)14-16(8-13-27-15-19(24)25)17-6-4-5-7-18(17)28-22/h4-7,16H,8-15H2,1-3H3,(H,24,25). The number of hydrogen-bond acceptors (Lipinski definition) is 5. The molecule has 3 rings (SSSR count). The molecule has 160 valence electrons. The van der Waals surface area contributed by atoms with E-state index >= 15 is 0 Å². The van der Waals surface area contributed by atoms with E-state index in [1.807, 2.05) is 39.0 Å². The lowest BCUT2D eigenvalue weighted by molar-refractivity contribution is -0.142. The zero-order valence-electron chi connectivity index (χ0n) is 17.5. The highest BCUT2D eigenvalue weighted by Crippen LogP contribution is 2.46. The Hall–Kier alpha value is -2.28. The van der Waals surface area contributed by atoms with Crippen LogP contribution in [0.5, 0.6) is 5.75 Å². The fraction of sp³-hybridized carbons (Fsp3) is 0.636. The number of likely N-dealkylation sites (tertiary alicyclic amines) is 1. The van der Waals surface area contributed by atoms with Crippen molar-refractivity contribution in [2.75, 3.05) is 26.3 Å². The van der Waals surface area contributed by atoms with Crippen LogP contribution in [0.4, 0.5) is 4.79 Å². The molecule has 0 bridgehead atoms. The summed E-state index contributed by atoms with van der Waals surface area (Å²) >= 11 is 0. The number of carbonyl (C=O) groups is 2. The predicted octanol–water partition coefficient (Wildman–Crippen LogP) is 3.81. The Morgan fingerprint density at radius 2 is 1.93 bits per heavy atom. The first kappa shape index (κ1) is 21.4. The molecular formula is C22H31NO6. The number of piperidine rings is 1. The van der Waals surface area contributed by atoms with Gasteiger partial charge >= 0.3 is 12.1 Å². The molecule has 1 unspecified atom stereocenters. The SMILES string of the molecule is CC(C)(C)OC(=O)N1CCC2(CC1)CC(CCOCC(=O)O)c1ccccc1O2. The summed E-state index contributed by atoms with van der Waals surface area (Å²) < 4.78 is 17.2. The van der Waals surface area contributed by atoms with Crippen LogP contribution in [-0.2, 0) is 14.3 Å². The molecule has 2 aliphatic heterocycles. The maximum absolute atomic E-state index is 12.4. The zero-order chi connectivity index (χ0) is 21.1. The van der Waals surface area contributed by atoms with Crippen molar-refractivity contribution in [3.63, 3.8) is 0 Å². The van der Waals surface area contributed by atoms with Gasteiger partial charge in [-0.15, -0.1) is 0 Å². The summed E-state index contributed by atoms with van der Waals surface area (Å²) in [6.07, 6.45) is 2.79. The van der Waals surface area contributed by atoms with E-state index in [2.05, 4.69) is 6.07 Å². The van der Waals surface area contributed by atoms with Crippen LogP contribution in [0.25, 0.3) is 0 Å². The van der Waals surface area contributed by atoms with E-state index in [1.165, 1.54) is 0 Å². The molecule has 1 N–H and O–H groups in total. The molecule has 1 spiro atoms. The number of carboxylic acids is 1. The van der Waals surface area contributed by atoms with E-state index in [-0.39, 0.29) is 24.2 Å². The summed E-state index contributed by atoms with van der Waals surface area (Å²) in [5.41, 5.74) is 0.323. The van der Waals surface area contributed by atoms with Crippen LogP contribution in [0.1, 0.15) is 57.9 Å². The lowest BCUT2D eigenvalue weighted by Crippen LogP contribution is -2.52. The summed E-state index contributed by atoms with van der Waals surface area (Å²) in [6, 6.07) is 8.02. The highest BCUT2D eigenvalue weighted by atomic mass is 16.6. The number of para-hydroxylation sites is 1. The Bertz CT molecular complexity index is 733. The topological polar surface area (TPSA) is 85.3 Å². The normalized spacial score (nSPS) is 20.7. The number of rotatable bonds is 5. The van der Waals surface area contributed by atoms with Crippen LogP contribution < -0.4 is 4.74 Å². The first-order valence-corrected chi connectivity index (χ1v) is 10.2. The second kappa shape index (κ2) is 8.61. The Morgan fingerprint density at radius 1 is 1.24 bits per heavy atom. The van der Waals surface area contributed by atoms with Crippen LogP contribution in [-0.4, -0.2) is 59.6 Å². The van der Waals surface area contributed by atoms with Gasteiger partial charge in [0.1, 0.15) is 23.6 Å². The molecule has 1 atom stereocenters. The molecule has 0 saturated carbocycles. The Labute approximate surface area is 171 Å². The summed E-state index contributed by atoms with van der Waals surface area (Å²) in [5, 5.41) is 8.76. The van der Waals surface area contributed by atoms with Crippen LogP contribution >= 0.6 is 0 Å². The molecule has 1 saturated heterocycles. The number of fused-ring (bicyclic) bond motifs is 1. The van der Waals surface area contributed by atoms with Gasteiger partial charge in [0.05, 0.1) is 0 Å². The first-order chi connectivity index (χ1) is 13.7. The molecule has 0 aliphatic carbocycles. The summed E-state index contributed by atoms with van der Waals surface area (Å²) in [6.45, 7) is 6.92. The van der Waals surface area contributed by atoms with Crippen LogP contribution in [0.2, 0.25) is 0 Å². The third-order valence-electron chi connectivity index (χ3n) is 5.47. The number of nitrogens with zero attached hydrogens (tertiary/aromatic N) is 1. The highest BCUT2D eigenvalue weighted by molar-refractivity contribution is 5.68. The maximum Gasteiger partial charge on any atom is 0.410 e. The molecular weight excluding hydrogens is 374 g/mol. The fourth-order valence-corrected chi connectivity index (χ4v) is 4.12. The van der Waals surface area contributed by atoms with Crippen LogP contribution in [0, 0.1) is 0 Å². The van der Waals surface area contributed by atoms with Crippen molar-refractivity contribution in [2.45, 2.75) is 63.6 Å². The molecule has 29 heavy (non-hydrogen) atoms. The summed E-state index contributed by atoms with van der Waals surface area (Å²) in [4.78, 5) is 24.8. The van der Waals surface area contributed by atoms with Gasteiger partial charge in [-0.25, -0.2) is 9.59 Å². The molecule has 1 aromatic carbocycles. The second-order valence-corrected chi connectivity index (χ2v) is 8.93. The molecule has 2 heterocycles. The van der Waals surface area contributed by atoms with Crippen molar-refractivity contribution in [3.05, 3.63) is 29.8 Å². The lowest BCUT2D eigenvalue weighted by Gasteiger charge is -2.47. The smallest absolute Gasteiger partial charge is 0.410 e. The van der Waals surface area contributed by atoms with E-state index in [9.17, 15) is 9.59 Å². The average molecular weight is 405 g/mol. The van der Waals surface area contributed by atoms with Crippen LogP contribution in [0.15, 0.2) is 24.3 Å². The quantitative estimate of drug-likeness (QED) is 0.750. The molecule has 7 nitrogen and oxygen atoms in total. The maximum atomic E-state index is 12.4. The molecule has 7 heteroatoms. The first-order valence-electron chi connectivity index (χ1n) is 10.2. The molecule has 1 amide bonds. The van der Waals surface area contributed by atoms with Gasteiger partial charge < -0.3 is 24.2 Å². The molecule has 1 aromatic rings.